The first-order valence-electron chi connectivity index (χ1n) is 9.93. The zero-order valence-corrected chi connectivity index (χ0v) is 19.5. The third kappa shape index (κ3) is 5.42. The van der Waals surface area contributed by atoms with E-state index in [2.05, 4.69) is 22.1 Å². The Labute approximate surface area is 192 Å². The first-order chi connectivity index (χ1) is 15.5. The molecule has 0 bridgehead atoms. The Morgan fingerprint density at radius 2 is 1.91 bits per heavy atom. The zero-order valence-electron chi connectivity index (χ0n) is 18.7. The van der Waals surface area contributed by atoms with Crippen molar-refractivity contribution >= 4 is 29.0 Å². The molecule has 9 heteroatoms. The van der Waals surface area contributed by atoms with Crippen LogP contribution in [-0.2, 0) is 11.3 Å². The minimum Gasteiger partial charge on any atom is -0.497 e. The summed E-state index contributed by atoms with van der Waals surface area (Å²) in [5, 5.41) is 12.2. The number of rotatable bonds is 10. The highest BCUT2D eigenvalue weighted by atomic mass is 32.2. The van der Waals surface area contributed by atoms with Crippen LogP contribution in [0.4, 0.5) is 11.4 Å². The Bertz CT molecular complexity index is 1080. The molecule has 1 amide bonds. The number of allylic oxidation sites excluding steroid dienone is 1. The molecule has 3 aromatic rings. The number of nitrogens with zero attached hydrogens (tertiary/aromatic N) is 4. The fraction of sp³-hybridized carbons (Fsp3) is 0.261. The maximum atomic E-state index is 12.6. The number of hydrogen-bond acceptors (Lipinski definition) is 7. The van der Waals surface area contributed by atoms with Crippen molar-refractivity contribution in [1.82, 2.24) is 14.8 Å². The van der Waals surface area contributed by atoms with Crippen molar-refractivity contribution in [2.24, 2.45) is 0 Å². The molecule has 0 aliphatic heterocycles. The van der Waals surface area contributed by atoms with Crippen molar-refractivity contribution in [3.63, 3.8) is 0 Å². The molecule has 0 unspecified atom stereocenters. The summed E-state index contributed by atoms with van der Waals surface area (Å²) in [6.45, 7) is 4.37. The number of thioether (sulfide) groups is 1. The molecule has 1 aromatic heterocycles. The van der Waals surface area contributed by atoms with Crippen LogP contribution in [0.2, 0.25) is 0 Å². The van der Waals surface area contributed by atoms with E-state index in [0.717, 1.165) is 17.1 Å². The molecule has 3 rings (SSSR count). The number of ether oxygens (including phenoxy) is 2. The number of methoxy groups -OCH3 is 2. The summed E-state index contributed by atoms with van der Waals surface area (Å²) >= 11 is 1.31. The molecule has 0 spiro atoms. The average molecular weight is 454 g/mol. The maximum Gasteiger partial charge on any atom is 0.234 e. The monoisotopic (exact) mass is 453 g/mol. The van der Waals surface area contributed by atoms with E-state index >= 15 is 0 Å². The molecule has 8 nitrogen and oxygen atoms in total. The van der Waals surface area contributed by atoms with Crippen LogP contribution in [0.15, 0.2) is 60.3 Å². The maximum absolute atomic E-state index is 12.6. The molecule has 168 valence electrons. The first kappa shape index (κ1) is 23.2. The number of carbonyl (C=O) groups is 1. The van der Waals surface area contributed by atoms with Gasteiger partial charge in [-0.05, 0) is 36.4 Å². The van der Waals surface area contributed by atoms with Gasteiger partial charge < -0.3 is 19.7 Å². The molecule has 0 fully saturated rings. The van der Waals surface area contributed by atoms with Crippen molar-refractivity contribution in [1.29, 1.82) is 0 Å². The lowest BCUT2D eigenvalue weighted by atomic mass is 10.2. The van der Waals surface area contributed by atoms with E-state index in [1.807, 2.05) is 47.8 Å². The number of anilines is 2. The van der Waals surface area contributed by atoms with E-state index < -0.39 is 0 Å². The van der Waals surface area contributed by atoms with Crippen LogP contribution in [0.1, 0.15) is 0 Å². The van der Waals surface area contributed by atoms with E-state index in [1.54, 1.807) is 38.5 Å². The lowest BCUT2D eigenvalue weighted by Crippen LogP contribution is -2.15. The lowest BCUT2D eigenvalue weighted by molar-refractivity contribution is -0.113. The minimum absolute atomic E-state index is 0.171. The van der Waals surface area contributed by atoms with Gasteiger partial charge in [-0.25, -0.2) is 0 Å². The summed E-state index contributed by atoms with van der Waals surface area (Å²) in [6, 6.07) is 13.3. The Balaban J connectivity index is 1.72. The summed E-state index contributed by atoms with van der Waals surface area (Å²) in [5.41, 5.74) is 2.63. The molecule has 0 saturated heterocycles. The van der Waals surface area contributed by atoms with Crippen molar-refractivity contribution < 1.29 is 14.3 Å². The van der Waals surface area contributed by atoms with Crippen LogP contribution in [0.3, 0.4) is 0 Å². The Hall–Kier alpha value is -3.46. The van der Waals surface area contributed by atoms with E-state index in [0.29, 0.717) is 28.9 Å². The molecular formula is C23H27N5O3S. The summed E-state index contributed by atoms with van der Waals surface area (Å²) in [6.07, 6.45) is 1.79. The third-order valence-electron chi connectivity index (χ3n) is 4.69. The standard InChI is InChI=1S/C23H27N5O3S/c1-6-13-28-22(16-7-9-17(10-8-16)27(2)3)25-26-23(28)32-15-21(29)24-19-12-11-18(30-4)14-20(19)31-5/h6-12,14H,1,13,15H2,2-5H3,(H,24,29). The van der Waals surface area contributed by atoms with Gasteiger partial charge in [-0.15, -0.1) is 16.8 Å². The number of nitrogens with one attached hydrogen (secondary N) is 1. The molecule has 2 aromatic carbocycles. The molecule has 0 aliphatic rings. The van der Waals surface area contributed by atoms with Gasteiger partial charge in [0.1, 0.15) is 11.5 Å². The minimum atomic E-state index is -0.177. The zero-order chi connectivity index (χ0) is 23.1. The quantitative estimate of drug-likeness (QED) is 0.368. The number of amides is 1. The summed E-state index contributed by atoms with van der Waals surface area (Å²) in [5.74, 6) is 1.90. The van der Waals surface area contributed by atoms with Crippen molar-refractivity contribution in [2.45, 2.75) is 11.7 Å². The summed E-state index contributed by atoms with van der Waals surface area (Å²) in [4.78, 5) is 14.6. The molecule has 1 heterocycles. The molecule has 0 radical (unpaired) electrons. The molecule has 0 aliphatic carbocycles. The predicted octanol–water partition coefficient (Wildman–Crippen LogP) is 3.95. The van der Waals surface area contributed by atoms with Crippen LogP contribution in [0, 0.1) is 0 Å². The van der Waals surface area contributed by atoms with Crippen LogP contribution in [-0.4, -0.2) is 54.7 Å². The highest BCUT2D eigenvalue weighted by Gasteiger charge is 2.16. The predicted molar refractivity (Wildman–Crippen MR) is 129 cm³/mol. The van der Waals surface area contributed by atoms with E-state index in [1.165, 1.54) is 11.8 Å². The topological polar surface area (TPSA) is 81.5 Å². The smallest absolute Gasteiger partial charge is 0.234 e. The summed E-state index contributed by atoms with van der Waals surface area (Å²) < 4.78 is 12.5. The number of aromatic nitrogens is 3. The van der Waals surface area contributed by atoms with Crippen molar-refractivity contribution in [2.75, 3.05) is 44.3 Å². The second-order valence-corrected chi connectivity index (χ2v) is 7.99. The van der Waals surface area contributed by atoms with Gasteiger partial charge in [0.05, 0.1) is 25.7 Å². The highest BCUT2D eigenvalue weighted by Crippen LogP contribution is 2.30. The second-order valence-electron chi connectivity index (χ2n) is 7.05. The van der Waals surface area contributed by atoms with Gasteiger partial charge in [-0.1, -0.05) is 17.8 Å². The summed E-state index contributed by atoms with van der Waals surface area (Å²) in [7, 11) is 7.12. The molecular weight excluding hydrogens is 426 g/mol. The van der Waals surface area contributed by atoms with Gasteiger partial charge in [0.2, 0.25) is 5.91 Å². The number of carbonyl (C=O) groups excluding carboxylic acids is 1. The Morgan fingerprint density at radius 1 is 1.16 bits per heavy atom. The van der Waals surface area contributed by atoms with Gasteiger partial charge >= 0.3 is 0 Å². The van der Waals surface area contributed by atoms with Gasteiger partial charge in [0.15, 0.2) is 11.0 Å². The van der Waals surface area contributed by atoms with E-state index in [-0.39, 0.29) is 11.7 Å². The van der Waals surface area contributed by atoms with Gasteiger partial charge in [0, 0.05) is 38.0 Å². The normalized spacial score (nSPS) is 10.5. The van der Waals surface area contributed by atoms with Crippen LogP contribution in [0.5, 0.6) is 11.5 Å². The van der Waals surface area contributed by atoms with Crippen molar-refractivity contribution in [3.8, 4) is 22.9 Å². The van der Waals surface area contributed by atoms with Crippen LogP contribution >= 0.6 is 11.8 Å². The molecule has 0 atom stereocenters. The average Bonchev–Trinajstić information content (AvgIpc) is 3.20. The van der Waals surface area contributed by atoms with Crippen LogP contribution < -0.4 is 19.7 Å². The van der Waals surface area contributed by atoms with Gasteiger partial charge in [-0.2, -0.15) is 0 Å². The molecule has 0 saturated carbocycles. The fourth-order valence-corrected chi connectivity index (χ4v) is 3.78. The Kier molecular flexibility index (Phi) is 7.77. The van der Waals surface area contributed by atoms with E-state index in [4.69, 9.17) is 9.47 Å². The highest BCUT2D eigenvalue weighted by molar-refractivity contribution is 7.99. The van der Waals surface area contributed by atoms with Crippen LogP contribution in [0.25, 0.3) is 11.4 Å². The SMILES string of the molecule is C=CCn1c(SCC(=O)Nc2ccc(OC)cc2OC)nnc1-c1ccc(N(C)C)cc1. The molecule has 32 heavy (non-hydrogen) atoms. The second kappa shape index (κ2) is 10.7. The molecule has 1 N–H and O–H groups in total. The fourth-order valence-electron chi connectivity index (χ4n) is 3.03. The van der Waals surface area contributed by atoms with Crippen molar-refractivity contribution in [3.05, 3.63) is 55.1 Å². The largest absolute Gasteiger partial charge is 0.497 e. The lowest BCUT2D eigenvalue weighted by Gasteiger charge is -2.13. The van der Waals surface area contributed by atoms with Gasteiger partial charge in [-0.3, -0.25) is 9.36 Å². The number of hydrogen-bond donors (Lipinski definition) is 1. The number of benzene rings is 2. The Morgan fingerprint density at radius 3 is 2.53 bits per heavy atom. The van der Waals surface area contributed by atoms with E-state index in [9.17, 15) is 4.79 Å². The third-order valence-corrected chi connectivity index (χ3v) is 5.65. The van der Waals surface area contributed by atoms with Gasteiger partial charge in [0.25, 0.3) is 0 Å². The first-order valence-corrected chi connectivity index (χ1v) is 10.9.